The molecule has 0 N–H and O–H groups in total. The topological polar surface area (TPSA) is 0 Å². The van der Waals surface area contributed by atoms with Gasteiger partial charge in [0.05, 0.1) is 10.1 Å². The summed E-state index contributed by atoms with van der Waals surface area (Å²) in [5, 5.41) is 0.654. The van der Waals surface area contributed by atoms with Gasteiger partial charge in [-0.3, -0.25) is 0 Å². The lowest BCUT2D eigenvalue weighted by Gasteiger charge is -2.37. The molecule has 0 amide bonds. The summed E-state index contributed by atoms with van der Waals surface area (Å²) < 4.78 is -1.37. The molecule has 18 heavy (non-hydrogen) atoms. The van der Waals surface area contributed by atoms with Crippen LogP contribution in [0.5, 0.6) is 0 Å². The van der Waals surface area contributed by atoms with Gasteiger partial charge in [0.15, 0.2) is 4.33 Å². The van der Waals surface area contributed by atoms with Gasteiger partial charge in [0, 0.05) is 0 Å². The van der Waals surface area contributed by atoms with Crippen LogP contribution in [0, 0.1) is 23.7 Å². The normalized spacial score (nSPS) is 58.8. The Labute approximate surface area is 135 Å². The van der Waals surface area contributed by atoms with E-state index in [4.69, 9.17) is 69.6 Å². The summed E-state index contributed by atoms with van der Waals surface area (Å²) in [7, 11) is 0. The molecule has 0 radical (unpaired) electrons. The molecule has 0 aromatic rings. The Kier molecular flexibility index (Phi) is 2.40. The lowest BCUT2D eigenvalue weighted by Crippen LogP contribution is -2.46. The van der Waals surface area contributed by atoms with Crippen LogP contribution >= 0.6 is 69.6 Å². The van der Waals surface area contributed by atoms with Crippen molar-refractivity contribution in [1.82, 2.24) is 0 Å². The van der Waals surface area contributed by atoms with Crippen LogP contribution in [-0.4, -0.2) is 14.1 Å². The summed E-state index contributed by atoms with van der Waals surface area (Å²) in [5.41, 5.74) is 0. The van der Waals surface area contributed by atoms with E-state index in [0.717, 1.165) is 6.42 Å². The van der Waals surface area contributed by atoms with Crippen LogP contribution in [0.4, 0.5) is 0 Å². The molecule has 0 heterocycles. The maximum atomic E-state index is 6.76. The fraction of sp³-hybridized carbons (Fsp3) is 0.667. The first-order valence-corrected chi connectivity index (χ1v) is 8.05. The second-order valence-electron chi connectivity index (χ2n) is 5.63. The highest BCUT2D eigenvalue weighted by Gasteiger charge is 2.85. The average molecular weight is 365 g/mol. The fourth-order valence-electron chi connectivity index (χ4n) is 4.48. The Bertz CT molecular complexity index is 481. The Morgan fingerprint density at radius 2 is 1.22 bits per heavy atom. The Balaban J connectivity index is 2.03. The molecule has 0 saturated heterocycles. The van der Waals surface area contributed by atoms with Crippen LogP contribution in [0.1, 0.15) is 6.42 Å². The van der Waals surface area contributed by atoms with Crippen LogP contribution in [0.25, 0.3) is 0 Å². The van der Waals surface area contributed by atoms with Crippen molar-refractivity contribution in [2.45, 2.75) is 20.5 Å². The number of halogens is 6. The molecule has 0 nitrogen and oxygen atoms in total. The van der Waals surface area contributed by atoms with Gasteiger partial charge in [-0.05, 0) is 30.1 Å². The van der Waals surface area contributed by atoms with Gasteiger partial charge >= 0.3 is 0 Å². The van der Waals surface area contributed by atoms with Crippen LogP contribution in [0.15, 0.2) is 22.2 Å². The summed E-state index contributed by atoms with van der Waals surface area (Å²) >= 11 is 39.2. The molecule has 4 aliphatic rings. The fourth-order valence-corrected chi connectivity index (χ4v) is 7.61. The third-order valence-corrected chi connectivity index (χ3v) is 9.42. The highest BCUT2D eigenvalue weighted by Crippen LogP contribution is 2.81. The summed E-state index contributed by atoms with van der Waals surface area (Å²) in [6.07, 6.45) is 5.40. The van der Waals surface area contributed by atoms with E-state index in [1.165, 1.54) is 0 Å². The second-order valence-corrected chi connectivity index (χ2v) is 8.90. The van der Waals surface area contributed by atoms with Gasteiger partial charge < -0.3 is 0 Å². The van der Waals surface area contributed by atoms with Crippen LogP contribution in [-0.2, 0) is 0 Å². The van der Waals surface area contributed by atoms with E-state index < -0.39 is 14.1 Å². The van der Waals surface area contributed by atoms with E-state index in [2.05, 4.69) is 12.2 Å². The molecule has 0 aromatic carbocycles. The molecule has 2 fully saturated rings. The standard InChI is InChI=1S/C12H8Cl6/c13-8-9(14)11(16)7-5-2-1-4(3-5)6(7)10(8,15)12(11,17)18/h1-2,4-7H,3H2/t4?,5?,6?,7?,10-,11+. The first-order chi connectivity index (χ1) is 8.28. The molecular weight excluding hydrogens is 357 g/mol. The molecule has 0 spiro atoms. The van der Waals surface area contributed by atoms with E-state index in [-0.39, 0.29) is 11.8 Å². The molecule has 0 aromatic heterocycles. The number of allylic oxidation sites excluding steroid dienone is 4. The zero-order valence-corrected chi connectivity index (χ0v) is 13.5. The molecule has 98 valence electrons. The van der Waals surface area contributed by atoms with Crippen molar-refractivity contribution < 1.29 is 0 Å². The van der Waals surface area contributed by atoms with Gasteiger partial charge in [-0.15, -0.1) is 23.2 Å². The molecule has 6 heteroatoms. The Morgan fingerprint density at radius 1 is 0.833 bits per heavy atom. The van der Waals surface area contributed by atoms with Crippen molar-refractivity contribution in [3.05, 3.63) is 22.2 Å². The quantitative estimate of drug-likeness (QED) is 0.312. The molecule has 2 saturated carbocycles. The molecule has 0 aliphatic heterocycles. The minimum atomic E-state index is -1.37. The van der Waals surface area contributed by atoms with Crippen molar-refractivity contribution in [2.75, 3.05) is 0 Å². The smallest absolute Gasteiger partial charge is 0.109 e. The SMILES string of the molecule is ClC1=C(Cl)[C@]2(Cl)C3C4C=CC(C4)C3[C@@]1(Cl)C2(Cl)Cl. The molecule has 4 rings (SSSR count). The zero-order chi connectivity index (χ0) is 13.1. The number of hydrogen-bond donors (Lipinski definition) is 0. The van der Waals surface area contributed by atoms with E-state index in [9.17, 15) is 0 Å². The second kappa shape index (κ2) is 3.34. The maximum absolute atomic E-state index is 6.76. The molecule has 4 aliphatic carbocycles. The number of alkyl halides is 4. The first kappa shape index (κ1) is 12.9. The number of fused-ring (bicyclic) bond motifs is 9. The van der Waals surface area contributed by atoms with Gasteiger partial charge in [-0.1, -0.05) is 58.6 Å². The van der Waals surface area contributed by atoms with Crippen molar-refractivity contribution in [3.63, 3.8) is 0 Å². The van der Waals surface area contributed by atoms with E-state index in [0.29, 0.717) is 21.9 Å². The minimum Gasteiger partial charge on any atom is -0.109 e. The van der Waals surface area contributed by atoms with Crippen molar-refractivity contribution in [2.24, 2.45) is 23.7 Å². The van der Waals surface area contributed by atoms with Crippen molar-refractivity contribution in [3.8, 4) is 0 Å². The number of rotatable bonds is 0. The van der Waals surface area contributed by atoms with Crippen LogP contribution in [0.3, 0.4) is 0 Å². The first-order valence-electron chi connectivity index (χ1n) is 5.78. The van der Waals surface area contributed by atoms with Gasteiger partial charge in [0.1, 0.15) is 9.75 Å². The summed E-state index contributed by atoms with van der Waals surface area (Å²) in [6.45, 7) is 0. The summed E-state index contributed by atoms with van der Waals surface area (Å²) in [4.78, 5) is -2.13. The van der Waals surface area contributed by atoms with Crippen LogP contribution < -0.4 is 0 Å². The van der Waals surface area contributed by atoms with Crippen molar-refractivity contribution in [1.29, 1.82) is 0 Å². The molecular formula is C12H8Cl6. The molecule has 6 atom stereocenters. The van der Waals surface area contributed by atoms with E-state index in [1.807, 2.05) is 0 Å². The third-order valence-electron chi connectivity index (χ3n) is 5.12. The maximum Gasteiger partial charge on any atom is 0.166 e. The van der Waals surface area contributed by atoms with E-state index in [1.54, 1.807) is 0 Å². The van der Waals surface area contributed by atoms with Crippen LogP contribution in [0.2, 0.25) is 0 Å². The predicted octanol–water partition coefficient (Wildman–Crippen LogP) is 5.27. The van der Waals surface area contributed by atoms with Gasteiger partial charge in [0.25, 0.3) is 0 Å². The lowest BCUT2D eigenvalue weighted by atomic mass is 9.75. The van der Waals surface area contributed by atoms with Gasteiger partial charge in [0.2, 0.25) is 0 Å². The average Bonchev–Trinajstić information content (AvgIpc) is 2.97. The molecule has 4 unspecified atom stereocenters. The molecule has 4 bridgehead atoms. The number of hydrogen-bond acceptors (Lipinski definition) is 0. The summed E-state index contributed by atoms with van der Waals surface area (Å²) in [5.74, 6) is 0.815. The highest BCUT2D eigenvalue weighted by atomic mass is 35.5. The highest BCUT2D eigenvalue weighted by molar-refractivity contribution is 6.65. The van der Waals surface area contributed by atoms with Crippen molar-refractivity contribution >= 4 is 69.6 Å². The van der Waals surface area contributed by atoms with Gasteiger partial charge in [-0.25, -0.2) is 0 Å². The van der Waals surface area contributed by atoms with Gasteiger partial charge in [-0.2, -0.15) is 0 Å². The predicted molar refractivity (Wildman–Crippen MR) is 78.1 cm³/mol. The zero-order valence-electron chi connectivity index (χ0n) is 8.94. The summed E-state index contributed by atoms with van der Waals surface area (Å²) in [6, 6.07) is 0. The monoisotopic (exact) mass is 362 g/mol. The Morgan fingerprint density at radius 3 is 1.61 bits per heavy atom. The lowest BCUT2D eigenvalue weighted by molar-refractivity contribution is 0.305. The van der Waals surface area contributed by atoms with E-state index >= 15 is 0 Å². The largest absolute Gasteiger partial charge is 0.166 e. The Hall–Kier alpha value is 1.22. The third kappa shape index (κ3) is 0.973. The minimum absolute atomic E-state index is 0.0664.